The predicted molar refractivity (Wildman–Crippen MR) is 115 cm³/mol. The largest absolute Gasteiger partial charge is 0.507 e. The van der Waals surface area contributed by atoms with Crippen molar-refractivity contribution < 1.29 is 19.4 Å². The first-order valence-electron chi connectivity index (χ1n) is 10.4. The highest BCUT2D eigenvalue weighted by molar-refractivity contribution is 6.32. The number of rotatable bonds is 3. The highest BCUT2D eigenvalue weighted by Gasteiger charge is 2.36. The molecule has 2 heterocycles. The summed E-state index contributed by atoms with van der Waals surface area (Å²) in [6, 6.07) is 10.9. The minimum Gasteiger partial charge on any atom is -0.507 e. The first-order chi connectivity index (χ1) is 14.5. The lowest BCUT2D eigenvalue weighted by Crippen LogP contribution is -2.45. The summed E-state index contributed by atoms with van der Waals surface area (Å²) in [5.74, 6) is 1.01. The van der Waals surface area contributed by atoms with Crippen LogP contribution in [0.4, 0.5) is 4.79 Å². The zero-order valence-electron chi connectivity index (χ0n) is 17.0. The van der Waals surface area contributed by atoms with Crippen LogP contribution >= 0.6 is 11.6 Å². The molecule has 0 saturated carbocycles. The fraction of sp³-hybridized carbons (Fsp3) is 0.435. The average Bonchev–Trinajstić information content (AvgIpc) is 2.77. The van der Waals surface area contributed by atoms with Crippen LogP contribution < -0.4 is 10.5 Å². The lowest BCUT2D eigenvalue weighted by atomic mass is 9.83. The van der Waals surface area contributed by atoms with Crippen LogP contribution in [0.2, 0.25) is 5.02 Å². The van der Waals surface area contributed by atoms with Crippen LogP contribution in [0.15, 0.2) is 36.4 Å². The van der Waals surface area contributed by atoms with E-state index >= 15 is 0 Å². The standard InChI is InChI=1S/C23H27ClN2O4/c1-14-6-7-16-17(22(14)27)12-20(29-21(16)13-25)15-8-10-26(11-9-15)23(28)30-19-5-3-2-4-18(19)24/h2-7,15,20-21,27H,8-13,25H2,1H3. The molecule has 0 radical (unpaired) electrons. The third kappa shape index (κ3) is 4.13. The summed E-state index contributed by atoms with van der Waals surface area (Å²) in [5, 5.41) is 11.0. The molecular formula is C23H27ClN2O4. The number of piperidine rings is 1. The Balaban J connectivity index is 1.40. The number of amides is 1. The first-order valence-corrected chi connectivity index (χ1v) is 10.7. The van der Waals surface area contributed by atoms with Crippen molar-refractivity contribution in [3.8, 4) is 11.5 Å². The molecule has 2 aromatic carbocycles. The maximum atomic E-state index is 12.5. The lowest BCUT2D eigenvalue weighted by Gasteiger charge is -2.40. The molecule has 0 spiro atoms. The molecule has 1 fully saturated rings. The lowest BCUT2D eigenvalue weighted by molar-refractivity contribution is -0.0633. The summed E-state index contributed by atoms with van der Waals surface area (Å²) in [5.41, 5.74) is 8.75. The molecule has 0 aromatic heterocycles. The molecule has 30 heavy (non-hydrogen) atoms. The minimum absolute atomic E-state index is 0.0273. The van der Waals surface area contributed by atoms with E-state index in [2.05, 4.69) is 0 Å². The van der Waals surface area contributed by atoms with Crippen molar-refractivity contribution in [1.29, 1.82) is 0 Å². The van der Waals surface area contributed by atoms with E-state index in [0.717, 1.165) is 29.5 Å². The number of aromatic hydroxyl groups is 1. The quantitative estimate of drug-likeness (QED) is 0.762. The number of hydrogen-bond donors (Lipinski definition) is 2. The molecule has 0 bridgehead atoms. The second kappa shape index (κ2) is 8.84. The van der Waals surface area contributed by atoms with Crippen LogP contribution in [0, 0.1) is 12.8 Å². The van der Waals surface area contributed by atoms with Gasteiger partial charge in [0.2, 0.25) is 0 Å². The number of carbonyl (C=O) groups excluding carboxylic acids is 1. The van der Waals surface area contributed by atoms with Gasteiger partial charge in [-0.2, -0.15) is 0 Å². The second-order valence-corrected chi connectivity index (χ2v) is 8.43. The second-order valence-electron chi connectivity index (χ2n) is 8.02. The maximum Gasteiger partial charge on any atom is 0.415 e. The molecule has 2 atom stereocenters. The monoisotopic (exact) mass is 430 g/mol. The number of phenols is 1. The van der Waals surface area contributed by atoms with E-state index in [1.165, 1.54) is 0 Å². The Morgan fingerprint density at radius 3 is 2.70 bits per heavy atom. The topological polar surface area (TPSA) is 85.0 Å². The maximum absolute atomic E-state index is 12.5. The predicted octanol–water partition coefficient (Wildman–Crippen LogP) is 4.21. The van der Waals surface area contributed by atoms with Crippen molar-refractivity contribution in [2.75, 3.05) is 19.6 Å². The summed E-state index contributed by atoms with van der Waals surface area (Å²) in [6.07, 6.45) is 1.65. The van der Waals surface area contributed by atoms with Crippen molar-refractivity contribution in [3.63, 3.8) is 0 Å². The Hall–Kier alpha value is -2.28. The number of para-hydroxylation sites is 1. The molecule has 2 aliphatic heterocycles. The fourth-order valence-electron chi connectivity index (χ4n) is 4.42. The number of ether oxygens (including phenoxy) is 2. The molecule has 1 amide bonds. The van der Waals surface area contributed by atoms with Gasteiger partial charge in [0.15, 0.2) is 5.75 Å². The molecular weight excluding hydrogens is 404 g/mol. The normalized spacial score (nSPS) is 21.9. The third-order valence-electron chi connectivity index (χ3n) is 6.18. The van der Waals surface area contributed by atoms with Gasteiger partial charge in [0.05, 0.1) is 17.2 Å². The number of aryl methyl sites for hydroxylation is 1. The summed E-state index contributed by atoms with van der Waals surface area (Å²) in [7, 11) is 0. The van der Waals surface area contributed by atoms with Gasteiger partial charge in [-0.3, -0.25) is 0 Å². The Morgan fingerprint density at radius 1 is 1.27 bits per heavy atom. The molecule has 2 aliphatic rings. The molecule has 0 aliphatic carbocycles. The van der Waals surface area contributed by atoms with Crippen molar-refractivity contribution in [3.05, 3.63) is 58.1 Å². The van der Waals surface area contributed by atoms with Gasteiger partial charge in [-0.1, -0.05) is 35.9 Å². The van der Waals surface area contributed by atoms with Gasteiger partial charge in [-0.05, 0) is 48.9 Å². The molecule has 2 aromatic rings. The number of benzene rings is 2. The Bertz CT molecular complexity index is 927. The van der Waals surface area contributed by atoms with Gasteiger partial charge in [0.25, 0.3) is 0 Å². The fourth-order valence-corrected chi connectivity index (χ4v) is 4.59. The van der Waals surface area contributed by atoms with Gasteiger partial charge in [0, 0.05) is 31.6 Å². The van der Waals surface area contributed by atoms with Gasteiger partial charge in [-0.15, -0.1) is 0 Å². The summed E-state index contributed by atoms with van der Waals surface area (Å²) in [4.78, 5) is 14.2. The smallest absolute Gasteiger partial charge is 0.415 e. The van der Waals surface area contributed by atoms with Crippen LogP contribution in [-0.2, 0) is 11.2 Å². The number of likely N-dealkylation sites (tertiary alicyclic amines) is 1. The molecule has 6 nitrogen and oxygen atoms in total. The van der Waals surface area contributed by atoms with E-state index in [4.69, 9.17) is 26.8 Å². The van der Waals surface area contributed by atoms with Gasteiger partial charge in [-0.25, -0.2) is 4.79 Å². The molecule has 2 unspecified atom stereocenters. The number of phenolic OH excluding ortho intramolecular Hbond substituents is 1. The number of carbonyl (C=O) groups is 1. The van der Waals surface area contributed by atoms with E-state index < -0.39 is 0 Å². The Kier molecular flexibility index (Phi) is 6.18. The molecule has 1 saturated heterocycles. The Labute approximate surface area is 181 Å². The number of nitrogens with two attached hydrogens (primary N) is 1. The highest BCUT2D eigenvalue weighted by atomic mass is 35.5. The van der Waals surface area contributed by atoms with Gasteiger partial charge < -0.3 is 25.2 Å². The van der Waals surface area contributed by atoms with Crippen molar-refractivity contribution in [2.45, 2.75) is 38.4 Å². The summed E-state index contributed by atoms with van der Waals surface area (Å²) < 4.78 is 11.8. The molecule has 4 rings (SSSR count). The number of nitrogens with zero attached hydrogens (tertiary/aromatic N) is 1. The zero-order valence-corrected chi connectivity index (χ0v) is 17.8. The first kappa shape index (κ1) is 21.0. The van der Waals surface area contributed by atoms with Crippen molar-refractivity contribution in [1.82, 2.24) is 4.90 Å². The van der Waals surface area contributed by atoms with E-state index in [1.807, 2.05) is 19.1 Å². The van der Waals surface area contributed by atoms with Crippen molar-refractivity contribution >= 4 is 17.7 Å². The van der Waals surface area contributed by atoms with E-state index in [-0.39, 0.29) is 24.2 Å². The Morgan fingerprint density at radius 2 is 2.00 bits per heavy atom. The summed E-state index contributed by atoms with van der Waals surface area (Å²) >= 11 is 6.08. The van der Waals surface area contributed by atoms with E-state index in [1.54, 1.807) is 29.2 Å². The summed E-state index contributed by atoms with van der Waals surface area (Å²) in [6.45, 7) is 3.46. The number of hydrogen-bond acceptors (Lipinski definition) is 5. The average molecular weight is 431 g/mol. The van der Waals surface area contributed by atoms with Crippen LogP contribution in [0.5, 0.6) is 11.5 Å². The third-order valence-corrected chi connectivity index (χ3v) is 6.50. The molecule has 160 valence electrons. The SMILES string of the molecule is Cc1ccc2c(c1O)CC(C1CCN(C(=O)Oc3ccccc3Cl)CC1)OC2CN. The molecule has 7 heteroatoms. The van der Waals surface area contributed by atoms with E-state index in [0.29, 0.717) is 42.6 Å². The van der Waals surface area contributed by atoms with Crippen LogP contribution in [0.1, 0.15) is 35.6 Å². The molecule has 3 N–H and O–H groups in total. The number of halogens is 1. The van der Waals surface area contributed by atoms with Crippen LogP contribution in [0.3, 0.4) is 0 Å². The van der Waals surface area contributed by atoms with E-state index in [9.17, 15) is 9.90 Å². The zero-order chi connectivity index (χ0) is 21.3. The minimum atomic E-state index is -0.385. The number of fused-ring (bicyclic) bond motifs is 1. The van der Waals surface area contributed by atoms with Gasteiger partial charge in [0.1, 0.15) is 5.75 Å². The van der Waals surface area contributed by atoms with Crippen molar-refractivity contribution in [2.24, 2.45) is 11.7 Å². The van der Waals surface area contributed by atoms with Gasteiger partial charge >= 0.3 is 6.09 Å². The highest BCUT2D eigenvalue weighted by Crippen LogP contribution is 2.40. The van der Waals surface area contributed by atoms with Crippen LogP contribution in [0.25, 0.3) is 0 Å². The van der Waals surface area contributed by atoms with Crippen LogP contribution in [-0.4, -0.2) is 41.8 Å².